The molecule has 0 saturated carbocycles. The maximum absolute atomic E-state index is 12.7. The van der Waals surface area contributed by atoms with Crippen molar-refractivity contribution in [3.05, 3.63) is 102 Å². The third-order valence-electron chi connectivity index (χ3n) is 5.20. The average molecular weight is 441 g/mol. The second-order valence-electron chi connectivity index (χ2n) is 7.60. The van der Waals surface area contributed by atoms with Crippen molar-refractivity contribution in [3.8, 4) is 0 Å². The fourth-order valence-corrected chi connectivity index (χ4v) is 4.28. The van der Waals surface area contributed by atoms with Gasteiger partial charge in [-0.15, -0.1) is 11.8 Å². The van der Waals surface area contributed by atoms with Crippen LogP contribution in [0.4, 0.5) is 11.4 Å². The molecule has 0 fully saturated rings. The maximum atomic E-state index is 12.7. The van der Waals surface area contributed by atoms with Gasteiger partial charge < -0.3 is 10.6 Å². The molecule has 0 radical (unpaired) electrons. The summed E-state index contributed by atoms with van der Waals surface area (Å²) in [6.07, 6.45) is 0. The van der Waals surface area contributed by atoms with Crippen LogP contribution in [-0.2, 0) is 4.79 Å². The minimum absolute atomic E-state index is 0.0535. The molecule has 4 rings (SSSR count). The van der Waals surface area contributed by atoms with Gasteiger partial charge in [0.25, 0.3) is 5.91 Å². The number of thioether (sulfide) groups is 1. The first-order valence-corrected chi connectivity index (χ1v) is 11.3. The number of carbonyl (C=O) groups excluding carboxylic acids is 2. The summed E-state index contributed by atoms with van der Waals surface area (Å²) in [7, 11) is 0. The quantitative estimate of drug-likeness (QED) is 0.336. The highest BCUT2D eigenvalue weighted by Crippen LogP contribution is 2.26. The van der Waals surface area contributed by atoms with Crippen molar-refractivity contribution in [2.45, 2.75) is 24.0 Å². The van der Waals surface area contributed by atoms with Crippen molar-refractivity contribution in [1.29, 1.82) is 0 Å². The van der Waals surface area contributed by atoms with Crippen molar-refractivity contribution < 1.29 is 9.59 Å². The predicted octanol–water partition coefficient (Wildman–Crippen LogP) is 6.52. The molecule has 0 heterocycles. The molecule has 1 unspecified atom stereocenters. The number of amides is 2. The van der Waals surface area contributed by atoms with Crippen LogP contribution < -0.4 is 10.6 Å². The van der Waals surface area contributed by atoms with Crippen molar-refractivity contribution in [2.24, 2.45) is 0 Å². The fraction of sp³-hybridized carbons (Fsp3) is 0.111. The second kappa shape index (κ2) is 9.71. The van der Waals surface area contributed by atoms with E-state index in [0.29, 0.717) is 5.56 Å². The zero-order chi connectivity index (χ0) is 22.5. The van der Waals surface area contributed by atoms with Crippen LogP contribution in [0.3, 0.4) is 0 Å². The van der Waals surface area contributed by atoms with Crippen LogP contribution in [0.5, 0.6) is 0 Å². The van der Waals surface area contributed by atoms with Crippen molar-refractivity contribution >= 4 is 45.7 Å². The van der Waals surface area contributed by atoms with E-state index in [1.807, 2.05) is 105 Å². The fourth-order valence-electron chi connectivity index (χ4n) is 3.41. The number of carbonyl (C=O) groups is 2. The molecule has 2 N–H and O–H groups in total. The van der Waals surface area contributed by atoms with Crippen molar-refractivity contribution in [1.82, 2.24) is 0 Å². The van der Waals surface area contributed by atoms with Gasteiger partial charge in [-0.2, -0.15) is 0 Å². The van der Waals surface area contributed by atoms with E-state index in [0.717, 1.165) is 32.6 Å². The lowest BCUT2D eigenvalue weighted by Gasteiger charge is -2.13. The van der Waals surface area contributed by atoms with E-state index in [-0.39, 0.29) is 17.1 Å². The Hall–Kier alpha value is -3.57. The molecule has 32 heavy (non-hydrogen) atoms. The molecule has 2 amide bonds. The zero-order valence-corrected chi connectivity index (χ0v) is 18.8. The van der Waals surface area contributed by atoms with E-state index in [9.17, 15) is 9.59 Å². The Kier molecular flexibility index (Phi) is 6.57. The molecule has 0 saturated heterocycles. The van der Waals surface area contributed by atoms with E-state index >= 15 is 0 Å². The summed E-state index contributed by atoms with van der Waals surface area (Å²) in [5.74, 6) is -0.186. The normalized spacial score (nSPS) is 11.7. The maximum Gasteiger partial charge on any atom is 0.255 e. The molecule has 4 aromatic rings. The third-order valence-corrected chi connectivity index (χ3v) is 6.31. The minimum Gasteiger partial charge on any atom is -0.325 e. The Labute approximate surface area is 192 Å². The molecule has 4 nitrogen and oxygen atoms in total. The van der Waals surface area contributed by atoms with E-state index in [2.05, 4.69) is 10.6 Å². The summed E-state index contributed by atoms with van der Waals surface area (Å²) in [6.45, 7) is 3.80. The van der Waals surface area contributed by atoms with Crippen LogP contribution in [0.1, 0.15) is 22.8 Å². The van der Waals surface area contributed by atoms with E-state index in [1.165, 1.54) is 11.8 Å². The number of nitrogens with one attached hydrogen (secondary N) is 2. The Bertz CT molecular complexity index is 1270. The molecule has 4 aromatic carbocycles. The topological polar surface area (TPSA) is 58.2 Å². The molecular weight excluding hydrogens is 416 g/mol. The standard InChI is InChI=1S/C27H24N2O2S/c1-18-7-3-6-10-25(18)27(31)28-22-13-15-24(16-14-22)32-19(2)26(30)29-23-12-11-20-8-4-5-9-21(20)17-23/h3-17,19H,1-2H3,(H,28,31)(H,29,30). The molecule has 0 bridgehead atoms. The lowest BCUT2D eigenvalue weighted by Crippen LogP contribution is -2.22. The summed E-state index contributed by atoms with van der Waals surface area (Å²) < 4.78 is 0. The first-order valence-electron chi connectivity index (χ1n) is 10.4. The lowest BCUT2D eigenvalue weighted by molar-refractivity contribution is -0.115. The molecule has 0 aliphatic heterocycles. The summed E-state index contributed by atoms with van der Waals surface area (Å²) >= 11 is 1.48. The number of fused-ring (bicyclic) bond motifs is 1. The molecule has 5 heteroatoms. The zero-order valence-electron chi connectivity index (χ0n) is 18.0. The Morgan fingerprint density at radius 3 is 2.16 bits per heavy atom. The van der Waals surface area contributed by atoms with Crippen molar-refractivity contribution in [3.63, 3.8) is 0 Å². The Morgan fingerprint density at radius 1 is 0.750 bits per heavy atom. The third kappa shape index (κ3) is 5.18. The van der Waals surface area contributed by atoms with Gasteiger partial charge in [-0.1, -0.05) is 48.5 Å². The highest BCUT2D eigenvalue weighted by molar-refractivity contribution is 8.00. The van der Waals surface area contributed by atoms with Crippen LogP contribution >= 0.6 is 11.8 Å². The number of aryl methyl sites for hydroxylation is 1. The van der Waals surface area contributed by atoms with E-state index in [1.54, 1.807) is 0 Å². The number of benzene rings is 4. The van der Waals surface area contributed by atoms with Gasteiger partial charge in [-0.25, -0.2) is 0 Å². The van der Waals surface area contributed by atoms with E-state index in [4.69, 9.17) is 0 Å². The molecule has 0 aliphatic carbocycles. The van der Waals surface area contributed by atoms with Gasteiger partial charge in [0.15, 0.2) is 0 Å². The molecule has 0 spiro atoms. The van der Waals surface area contributed by atoms with Gasteiger partial charge in [-0.05, 0) is 72.6 Å². The number of anilines is 2. The second-order valence-corrected chi connectivity index (χ2v) is 9.02. The summed E-state index contributed by atoms with van der Waals surface area (Å²) in [6, 6.07) is 29.0. The molecule has 1 atom stereocenters. The number of hydrogen-bond donors (Lipinski definition) is 2. The predicted molar refractivity (Wildman–Crippen MR) is 133 cm³/mol. The molecule has 0 aromatic heterocycles. The molecular formula is C27H24N2O2S. The highest BCUT2D eigenvalue weighted by Gasteiger charge is 2.15. The number of hydrogen-bond acceptors (Lipinski definition) is 3. The smallest absolute Gasteiger partial charge is 0.255 e. The number of rotatable bonds is 6. The van der Waals surface area contributed by atoms with Crippen LogP contribution in [-0.4, -0.2) is 17.1 Å². The summed E-state index contributed by atoms with van der Waals surface area (Å²) in [5, 5.41) is 7.88. The van der Waals surface area contributed by atoms with Gasteiger partial charge in [0.1, 0.15) is 0 Å². The molecule has 0 aliphatic rings. The van der Waals surface area contributed by atoms with Crippen LogP contribution in [0.2, 0.25) is 0 Å². The van der Waals surface area contributed by atoms with Gasteiger partial charge >= 0.3 is 0 Å². The Balaban J connectivity index is 1.35. The first kappa shape index (κ1) is 21.7. The SMILES string of the molecule is Cc1ccccc1C(=O)Nc1ccc(SC(C)C(=O)Nc2ccc3ccccc3c2)cc1. The Morgan fingerprint density at radius 2 is 1.41 bits per heavy atom. The average Bonchev–Trinajstić information content (AvgIpc) is 2.80. The first-order chi connectivity index (χ1) is 15.5. The summed E-state index contributed by atoms with van der Waals surface area (Å²) in [5.41, 5.74) is 3.10. The van der Waals surface area contributed by atoms with Gasteiger partial charge in [0.05, 0.1) is 5.25 Å². The lowest BCUT2D eigenvalue weighted by atomic mass is 10.1. The van der Waals surface area contributed by atoms with Crippen molar-refractivity contribution in [2.75, 3.05) is 10.6 Å². The summed E-state index contributed by atoms with van der Waals surface area (Å²) in [4.78, 5) is 26.1. The van der Waals surface area contributed by atoms with Crippen LogP contribution in [0, 0.1) is 6.92 Å². The minimum atomic E-state index is -0.270. The van der Waals surface area contributed by atoms with Crippen LogP contribution in [0.15, 0.2) is 95.9 Å². The van der Waals surface area contributed by atoms with Crippen LogP contribution in [0.25, 0.3) is 10.8 Å². The highest BCUT2D eigenvalue weighted by atomic mass is 32.2. The monoisotopic (exact) mass is 440 g/mol. The van der Waals surface area contributed by atoms with Gasteiger partial charge in [-0.3, -0.25) is 9.59 Å². The molecule has 160 valence electrons. The largest absolute Gasteiger partial charge is 0.325 e. The van der Waals surface area contributed by atoms with E-state index < -0.39 is 0 Å². The van der Waals surface area contributed by atoms with Gasteiger partial charge in [0, 0.05) is 21.8 Å². The van der Waals surface area contributed by atoms with Gasteiger partial charge in [0.2, 0.25) is 5.91 Å².